The van der Waals surface area contributed by atoms with E-state index in [4.69, 9.17) is 0 Å². The summed E-state index contributed by atoms with van der Waals surface area (Å²) in [5.74, 6) is 1.10. The molecule has 1 aliphatic rings. The minimum Gasteiger partial charge on any atom is -0.338 e. The summed E-state index contributed by atoms with van der Waals surface area (Å²) in [4.78, 5) is 13.9. The number of carbonyl (C=O) groups excluding carboxylic acids is 1. The van der Waals surface area contributed by atoms with Gasteiger partial charge in [-0.15, -0.1) is 0 Å². The Bertz CT molecular complexity index is 203. The van der Waals surface area contributed by atoms with E-state index in [2.05, 4.69) is 34.6 Å². The molecule has 0 spiro atoms. The molecule has 2 heteroatoms. The molecule has 0 bridgehead atoms. The maximum atomic E-state index is 11.9. The summed E-state index contributed by atoms with van der Waals surface area (Å²) in [7, 11) is 0. The summed E-state index contributed by atoms with van der Waals surface area (Å²) in [5, 5.41) is 0. The summed E-state index contributed by atoms with van der Waals surface area (Å²) in [6, 6.07) is 0. The highest BCUT2D eigenvalue weighted by Crippen LogP contribution is 2.30. The number of amides is 1. The van der Waals surface area contributed by atoms with Crippen LogP contribution in [0.3, 0.4) is 0 Å². The van der Waals surface area contributed by atoms with Gasteiger partial charge in [-0.25, -0.2) is 0 Å². The van der Waals surface area contributed by atoms with Crippen LogP contribution < -0.4 is 0 Å². The average Bonchev–Trinajstić information content (AvgIpc) is 2.28. The zero-order chi connectivity index (χ0) is 10.2. The predicted octanol–water partition coefficient (Wildman–Crippen LogP) is 2.29. The number of rotatable bonds is 1. The Morgan fingerprint density at radius 1 is 1.38 bits per heavy atom. The molecule has 0 aromatic carbocycles. The van der Waals surface area contributed by atoms with Crippen LogP contribution in [0, 0.1) is 11.8 Å². The second-order valence-corrected chi connectivity index (χ2v) is 5.30. The average molecular weight is 183 g/mol. The molecule has 13 heavy (non-hydrogen) atoms. The van der Waals surface area contributed by atoms with Crippen LogP contribution in [-0.4, -0.2) is 22.9 Å². The van der Waals surface area contributed by atoms with Crippen LogP contribution >= 0.6 is 0 Å². The van der Waals surface area contributed by atoms with Crippen molar-refractivity contribution in [3.8, 4) is 0 Å². The molecule has 1 atom stereocenters. The number of carbonyl (C=O) groups is 1. The number of nitrogens with zero attached hydrogens (tertiary/aromatic N) is 1. The molecule has 1 heterocycles. The van der Waals surface area contributed by atoms with E-state index in [0.717, 1.165) is 13.0 Å². The van der Waals surface area contributed by atoms with Gasteiger partial charge in [-0.3, -0.25) is 4.79 Å². The highest BCUT2D eigenvalue weighted by Gasteiger charge is 2.38. The summed E-state index contributed by atoms with van der Waals surface area (Å²) in [6.07, 6.45) is 1.04. The molecular weight excluding hydrogens is 162 g/mol. The predicted molar refractivity (Wildman–Crippen MR) is 54.4 cm³/mol. The van der Waals surface area contributed by atoms with Gasteiger partial charge in [-0.05, 0) is 33.1 Å². The highest BCUT2D eigenvalue weighted by molar-refractivity contribution is 5.81. The Balaban J connectivity index is 2.72. The van der Waals surface area contributed by atoms with Crippen LogP contribution in [-0.2, 0) is 4.79 Å². The quantitative estimate of drug-likeness (QED) is 0.611. The monoisotopic (exact) mass is 183 g/mol. The van der Waals surface area contributed by atoms with Crippen molar-refractivity contribution in [2.75, 3.05) is 6.54 Å². The first-order valence-electron chi connectivity index (χ1n) is 5.15. The van der Waals surface area contributed by atoms with Gasteiger partial charge in [0.1, 0.15) is 0 Å². The zero-order valence-corrected chi connectivity index (χ0v) is 9.42. The molecule has 1 amide bonds. The topological polar surface area (TPSA) is 20.3 Å². The molecule has 1 aliphatic heterocycles. The van der Waals surface area contributed by atoms with E-state index in [0.29, 0.717) is 11.8 Å². The second-order valence-electron chi connectivity index (χ2n) is 5.30. The largest absolute Gasteiger partial charge is 0.338 e. The molecule has 0 aromatic rings. The van der Waals surface area contributed by atoms with Crippen LogP contribution in [0.4, 0.5) is 0 Å². The fourth-order valence-corrected chi connectivity index (χ4v) is 1.99. The summed E-state index contributed by atoms with van der Waals surface area (Å²) in [6.45, 7) is 11.5. The van der Waals surface area contributed by atoms with E-state index in [9.17, 15) is 4.79 Å². The molecule has 0 unspecified atom stereocenters. The first-order valence-corrected chi connectivity index (χ1v) is 5.15. The lowest BCUT2D eigenvalue weighted by Gasteiger charge is -2.32. The third-order valence-corrected chi connectivity index (χ3v) is 2.86. The molecule has 2 nitrogen and oxygen atoms in total. The van der Waals surface area contributed by atoms with Crippen LogP contribution in [0.2, 0.25) is 0 Å². The van der Waals surface area contributed by atoms with Crippen LogP contribution in [0.1, 0.15) is 41.0 Å². The molecule has 0 radical (unpaired) electrons. The van der Waals surface area contributed by atoms with Gasteiger partial charge in [-0.2, -0.15) is 0 Å². The molecule has 1 saturated heterocycles. The van der Waals surface area contributed by atoms with E-state index >= 15 is 0 Å². The molecule has 1 rings (SSSR count). The van der Waals surface area contributed by atoms with Crippen LogP contribution in [0.25, 0.3) is 0 Å². The van der Waals surface area contributed by atoms with Crippen molar-refractivity contribution in [3.63, 3.8) is 0 Å². The minimum absolute atomic E-state index is 0.000718. The summed E-state index contributed by atoms with van der Waals surface area (Å²) >= 11 is 0. The summed E-state index contributed by atoms with van der Waals surface area (Å²) in [5.41, 5.74) is 0.000718. The Kier molecular flexibility index (Phi) is 2.69. The van der Waals surface area contributed by atoms with Crippen molar-refractivity contribution < 1.29 is 4.79 Å². The first-order chi connectivity index (χ1) is 5.84. The summed E-state index contributed by atoms with van der Waals surface area (Å²) < 4.78 is 0. The molecule has 1 fully saturated rings. The SMILES string of the molecule is CC(C)[C@H]1CCN(C(C)(C)C)C1=O. The van der Waals surface area contributed by atoms with E-state index in [1.807, 2.05) is 4.90 Å². The van der Waals surface area contributed by atoms with Gasteiger partial charge in [-0.1, -0.05) is 13.8 Å². The van der Waals surface area contributed by atoms with Gasteiger partial charge in [0.05, 0.1) is 0 Å². The van der Waals surface area contributed by atoms with Gasteiger partial charge < -0.3 is 4.90 Å². The number of hydrogen-bond acceptors (Lipinski definition) is 1. The maximum Gasteiger partial charge on any atom is 0.226 e. The Morgan fingerprint density at radius 3 is 2.15 bits per heavy atom. The standard InChI is InChI=1S/C11H21NO/c1-8(2)9-6-7-12(10(9)13)11(3,4)5/h8-9H,6-7H2,1-5H3/t9-/m1/s1. The molecule has 0 N–H and O–H groups in total. The van der Waals surface area contributed by atoms with E-state index in [1.54, 1.807) is 0 Å². The van der Waals surface area contributed by atoms with Gasteiger partial charge in [0.2, 0.25) is 5.91 Å². The third-order valence-electron chi connectivity index (χ3n) is 2.86. The van der Waals surface area contributed by atoms with Crippen molar-refractivity contribution in [3.05, 3.63) is 0 Å². The lowest BCUT2D eigenvalue weighted by Crippen LogP contribution is -2.43. The normalized spacial score (nSPS) is 24.6. The van der Waals surface area contributed by atoms with Gasteiger partial charge in [0.15, 0.2) is 0 Å². The van der Waals surface area contributed by atoms with Crippen LogP contribution in [0.5, 0.6) is 0 Å². The van der Waals surface area contributed by atoms with E-state index in [1.165, 1.54) is 0 Å². The second kappa shape index (κ2) is 3.32. The number of hydrogen-bond donors (Lipinski definition) is 0. The Morgan fingerprint density at radius 2 is 1.92 bits per heavy atom. The molecular formula is C11H21NO. The highest BCUT2D eigenvalue weighted by atomic mass is 16.2. The van der Waals surface area contributed by atoms with Crippen molar-refractivity contribution in [1.82, 2.24) is 4.90 Å². The van der Waals surface area contributed by atoms with Gasteiger partial charge in [0, 0.05) is 18.0 Å². The Hall–Kier alpha value is -0.530. The zero-order valence-electron chi connectivity index (χ0n) is 9.42. The Labute approximate surface area is 81.3 Å². The minimum atomic E-state index is 0.000718. The smallest absolute Gasteiger partial charge is 0.226 e. The van der Waals surface area contributed by atoms with Crippen molar-refractivity contribution in [2.24, 2.45) is 11.8 Å². The lowest BCUT2D eigenvalue weighted by molar-refractivity contribution is -0.135. The third kappa shape index (κ3) is 2.04. The molecule has 0 aromatic heterocycles. The molecule has 76 valence electrons. The number of likely N-dealkylation sites (tertiary alicyclic amines) is 1. The van der Waals surface area contributed by atoms with E-state index in [-0.39, 0.29) is 11.5 Å². The van der Waals surface area contributed by atoms with Crippen molar-refractivity contribution >= 4 is 5.91 Å². The fraction of sp³-hybridized carbons (Fsp3) is 0.909. The fourth-order valence-electron chi connectivity index (χ4n) is 1.99. The van der Waals surface area contributed by atoms with Crippen molar-refractivity contribution in [1.29, 1.82) is 0 Å². The first kappa shape index (κ1) is 10.6. The van der Waals surface area contributed by atoms with Crippen molar-refractivity contribution in [2.45, 2.75) is 46.6 Å². The van der Waals surface area contributed by atoms with Crippen LogP contribution in [0.15, 0.2) is 0 Å². The van der Waals surface area contributed by atoms with Gasteiger partial charge in [0.25, 0.3) is 0 Å². The maximum absolute atomic E-state index is 11.9. The molecule has 0 aliphatic carbocycles. The lowest BCUT2D eigenvalue weighted by atomic mass is 9.94. The molecule has 0 saturated carbocycles. The van der Waals surface area contributed by atoms with E-state index < -0.39 is 0 Å². The van der Waals surface area contributed by atoms with Gasteiger partial charge >= 0.3 is 0 Å².